The molecule has 1 aliphatic rings. The second-order valence-corrected chi connectivity index (χ2v) is 5.54. The molecule has 7 nitrogen and oxygen atoms in total. The Hall–Kier alpha value is -2.90. The first-order valence-corrected chi connectivity index (χ1v) is 7.70. The molecule has 0 unspecified atom stereocenters. The smallest absolute Gasteiger partial charge is 0.335 e. The van der Waals surface area contributed by atoms with Gasteiger partial charge in [0, 0.05) is 13.1 Å². The molecule has 1 fully saturated rings. The van der Waals surface area contributed by atoms with Gasteiger partial charge in [0.15, 0.2) is 0 Å². The second kappa shape index (κ2) is 6.69. The van der Waals surface area contributed by atoms with E-state index in [1.54, 1.807) is 5.01 Å². The molecule has 2 N–H and O–H groups in total. The SMILES string of the molecule is O=c1[nH]c(=O)n(-c2ccccc2F)c(O)c1/C=N/N1CCCCC1. The molecule has 2 aromatic rings. The van der Waals surface area contributed by atoms with Gasteiger partial charge in [0.2, 0.25) is 5.88 Å². The normalized spacial score (nSPS) is 15.1. The van der Waals surface area contributed by atoms with Gasteiger partial charge in [-0.2, -0.15) is 5.10 Å². The van der Waals surface area contributed by atoms with Crippen LogP contribution < -0.4 is 11.2 Å². The van der Waals surface area contributed by atoms with Crippen molar-refractivity contribution in [1.29, 1.82) is 0 Å². The van der Waals surface area contributed by atoms with E-state index >= 15 is 0 Å². The maximum atomic E-state index is 13.9. The minimum atomic E-state index is -0.919. The number of hydrazone groups is 1. The van der Waals surface area contributed by atoms with Gasteiger partial charge in [-0.15, -0.1) is 0 Å². The van der Waals surface area contributed by atoms with Gasteiger partial charge in [-0.05, 0) is 31.4 Å². The average Bonchev–Trinajstić information content (AvgIpc) is 2.57. The Kier molecular flexibility index (Phi) is 4.45. The van der Waals surface area contributed by atoms with E-state index in [0.717, 1.165) is 38.4 Å². The van der Waals surface area contributed by atoms with Crippen LogP contribution in [0.1, 0.15) is 24.8 Å². The zero-order valence-electron chi connectivity index (χ0n) is 12.9. The summed E-state index contributed by atoms with van der Waals surface area (Å²) in [5.41, 5.74) is -2.03. The molecule has 2 heterocycles. The molecule has 8 heteroatoms. The highest BCUT2D eigenvalue weighted by Gasteiger charge is 2.17. The number of nitrogens with one attached hydrogen (secondary N) is 1. The third-order valence-corrected chi connectivity index (χ3v) is 3.90. The Bertz CT molecular complexity index is 882. The fourth-order valence-electron chi connectivity index (χ4n) is 2.64. The third-order valence-electron chi connectivity index (χ3n) is 3.90. The quantitative estimate of drug-likeness (QED) is 0.826. The highest BCUT2D eigenvalue weighted by molar-refractivity contribution is 5.82. The van der Waals surface area contributed by atoms with Crippen LogP contribution in [0.2, 0.25) is 0 Å². The van der Waals surface area contributed by atoms with Crippen LogP contribution in [0.15, 0.2) is 39.0 Å². The average molecular weight is 332 g/mol. The molecule has 1 saturated heterocycles. The number of rotatable bonds is 3. The Morgan fingerprint density at radius 2 is 1.88 bits per heavy atom. The first-order chi connectivity index (χ1) is 11.6. The number of aromatic amines is 1. The summed E-state index contributed by atoms with van der Waals surface area (Å²) in [6.45, 7) is 1.53. The maximum absolute atomic E-state index is 13.9. The Morgan fingerprint density at radius 3 is 2.58 bits per heavy atom. The molecule has 24 heavy (non-hydrogen) atoms. The molecule has 0 bridgehead atoms. The molecule has 1 aromatic carbocycles. The Balaban J connectivity index is 2.06. The number of H-pyrrole nitrogens is 1. The lowest BCUT2D eigenvalue weighted by molar-refractivity contribution is 0.240. The molecule has 0 saturated carbocycles. The molecule has 0 amide bonds. The molecular weight excluding hydrogens is 315 g/mol. The largest absolute Gasteiger partial charge is 0.493 e. The van der Waals surface area contributed by atoms with E-state index < -0.39 is 22.9 Å². The number of hydrogen-bond donors (Lipinski definition) is 2. The zero-order chi connectivity index (χ0) is 17.1. The van der Waals surface area contributed by atoms with Gasteiger partial charge >= 0.3 is 5.69 Å². The minimum absolute atomic E-state index is 0.149. The summed E-state index contributed by atoms with van der Waals surface area (Å²) < 4.78 is 14.7. The number of piperidine rings is 1. The Labute approximate surface area is 136 Å². The van der Waals surface area contributed by atoms with Crippen LogP contribution >= 0.6 is 0 Å². The van der Waals surface area contributed by atoms with Crippen molar-refractivity contribution in [3.63, 3.8) is 0 Å². The summed E-state index contributed by atoms with van der Waals surface area (Å²) in [6.07, 6.45) is 4.36. The highest BCUT2D eigenvalue weighted by atomic mass is 19.1. The molecule has 0 spiro atoms. The van der Waals surface area contributed by atoms with Gasteiger partial charge in [-0.25, -0.2) is 13.8 Å². The Morgan fingerprint density at radius 1 is 1.17 bits per heavy atom. The lowest BCUT2D eigenvalue weighted by Gasteiger charge is -2.23. The summed E-state index contributed by atoms with van der Waals surface area (Å²) in [5.74, 6) is -1.34. The number of halogens is 1. The van der Waals surface area contributed by atoms with Crippen LogP contribution in [0.5, 0.6) is 5.88 Å². The van der Waals surface area contributed by atoms with Crippen molar-refractivity contribution in [2.45, 2.75) is 19.3 Å². The summed E-state index contributed by atoms with van der Waals surface area (Å²) in [4.78, 5) is 26.0. The number of hydrogen-bond acceptors (Lipinski definition) is 5. The van der Waals surface area contributed by atoms with Crippen molar-refractivity contribution in [3.8, 4) is 11.6 Å². The summed E-state index contributed by atoms with van der Waals surface area (Å²) in [7, 11) is 0. The van der Waals surface area contributed by atoms with Crippen molar-refractivity contribution >= 4 is 6.21 Å². The highest BCUT2D eigenvalue weighted by Crippen LogP contribution is 2.18. The van der Waals surface area contributed by atoms with Gasteiger partial charge in [-0.1, -0.05) is 12.1 Å². The fraction of sp³-hybridized carbons (Fsp3) is 0.312. The summed E-state index contributed by atoms with van der Waals surface area (Å²) in [6, 6.07) is 5.48. The van der Waals surface area contributed by atoms with E-state index in [1.165, 1.54) is 24.4 Å². The zero-order valence-corrected chi connectivity index (χ0v) is 12.9. The van der Waals surface area contributed by atoms with E-state index in [4.69, 9.17) is 0 Å². The molecular formula is C16H17FN4O3. The standard InChI is InChI=1S/C16H17FN4O3/c17-12-6-2-3-7-13(12)21-15(23)11(14(22)19-16(21)24)10-18-20-8-4-1-5-9-20/h2-3,6-7,10,23H,1,4-5,8-9H2,(H,19,22,24)/b18-10+. The van der Waals surface area contributed by atoms with Gasteiger partial charge < -0.3 is 5.11 Å². The van der Waals surface area contributed by atoms with Crippen LogP contribution in [0, 0.1) is 5.82 Å². The van der Waals surface area contributed by atoms with E-state index in [0.29, 0.717) is 4.57 Å². The van der Waals surface area contributed by atoms with Gasteiger partial charge in [0.1, 0.15) is 11.4 Å². The van der Waals surface area contributed by atoms with E-state index in [1.807, 2.05) is 0 Å². The van der Waals surface area contributed by atoms with E-state index in [-0.39, 0.29) is 11.3 Å². The first-order valence-electron chi connectivity index (χ1n) is 7.70. The molecule has 126 valence electrons. The first kappa shape index (κ1) is 16.0. The lowest BCUT2D eigenvalue weighted by atomic mass is 10.2. The molecule has 1 aromatic heterocycles. The monoisotopic (exact) mass is 332 g/mol. The lowest BCUT2D eigenvalue weighted by Crippen LogP contribution is -2.32. The van der Waals surface area contributed by atoms with Crippen LogP contribution in [-0.2, 0) is 0 Å². The molecule has 0 aliphatic carbocycles. The topological polar surface area (TPSA) is 90.7 Å². The van der Waals surface area contributed by atoms with Gasteiger partial charge in [0.25, 0.3) is 5.56 Å². The fourth-order valence-corrected chi connectivity index (χ4v) is 2.64. The van der Waals surface area contributed by atoms with Crippen molar-refractivity contribution in [2.75, 3.05) is 13.1 Å². The number of aromatic hydroxyl groups is 1. The predicted molar refractivity (Wildman–Crippen MR) is 87.3 cm³/mol. The van der Waals surface area contributed by atoms with Crippen molar-refractivity contribution in [2.24, 2.45) is 5.10 Å². The number of aromatic nitrogens is 2. The van der Waals surface area contributed by atoms with Crippen LogP contribution in [0.3, 0.4) is 0 Å². The van der Waals surface area contributed by atoms with E-state index in [2.05, 4.69) is 10.1 Å². The third kappa shape index (κ3) is 3.08. The molecule has 1 aliphatic heterocycles. The van der Waals surface area contributed by atoms with Crippen molar-refractivity contribution in [3.05, 3.63) is 56.5 Å². The summed E-state index contributed by atoms with van der Waals surface area (Å²) in [5, 5.41) is 16.3. The van der Waals surface area contributed by atoms with Crippen LogP contribution in [-0.4, -0.2) is 39.0 Å². The predicted octanol–water partition coefficient (Wildman–Crippen LogP) is 1.19. The van der Waals surface area contributed by atoms with Crippen LogP contribution in [0.4, 0.5) is 4.39 Å². The summed E-state index contributed by atoms with van der Waals surface area (Å²) >= 11 is 0. The van der Waals surface area contributed by atoms with E-state index in [9.17, 15) is 19.1 Å². The second-order valence-electron chi connectivity index (χ2n) is 5.54. The van der Waals surface area contributed by atoms with Gasteiger partial charge in [0.05, 0.1) is 11.9 Å². The van der Waals surface area contributed by atoms with Crippen molar-refractivity contribution in [1.82, 2.24) is 14.6 Å². The minimum Gasteiger partial charge on any atom is -0.493 e. The molecule has 0 radical (unpaired) electrons. The number of para-hydroxylation sites is 1. The number of nitrogens with zero attached hydrogens (tertiary/aromatic N) is 3. The van der Waals surface area contributed by atoms with Crippen LogP contribution in [0.25, 0.3) is 5.69 Å². The van der Waals surface area contributed by atoms with Gasteiger partial charge in [-0.3, -0.25) is 14.8 Å². The maximum Gasteiger partial charge on any atom is 0.335 e. The molecule has 3 rings (SSSR count). The number of benzene rings is 1. The molecule has 0 atom stereocenters. The van der Waals surface area contributed by atoms with Crippen molar-refractivity contribution < 1.29 is 9.50 Å².